The molecule has 1 fully saturated rings. The number of pyridine rings is 1. The monoisotopic (exact) mass is 276 g/mol. The summed E-state index contributed by atoms with van der Waals surface area (Å²) in [5, 5.41) is 11.9. The number of amides is 1. The fourth-order valence-corrected chi connectivity index (χ4v) is 2.57. The van der Waals surface area contributed by atoms with Crippen LogP contribution >= 0.6 is 0 Å². The van der Waals surface area contributed by atoms with Crippen molar-refractivity contribution in [3.63, 3.8) is 0 Å². The standard InChI is InChI=1S/C15H20N2O3/c18-14(9-8-12-3-1-2-10-16-12)17-13-6-4-11(5-7-13)15(19)20/h1-3,10-11,13H,4-9H2,(H,17,18)(H,19,20). The second kappa shape index (κ2) is 7.03. The molecule has 0 atom stereocenters. The highest BCUT2D eigenvalue weighted by molar-refractivity contribution is 5.76. The van der Waals surface area contributed by atoms with Gasteiger partial charge in [0, 0.05) is 24.4 Å². The van der Waals surface area contributed by atoms with Gasteiger partial charge >= 0.3 is 5.97 Å². The molecule has 5 nitrogen and oxygen atoms in total. The van der Waals surface area contributed by atoms with Crippen LogP contribution in [0.25, 0.3) is 0 Å². The van der Waals surface area contributed by atoms with Gasteiger partial charge in [-0.15, -0.1) is 0 Å². The quantitative estimate of drug-likeness (QED) is 0.859. The number of nitrogens with one attached hydrogen (secondary N) is 1. The van der Waals surface area contributed by atoms with Crippen LogP contribution in [-0.2, 0) is 16.0 Å². The third-order valence-corrected chi connectivity index (χ3v) is 3.78. The number of hydrogen-bond acceptors (Lipinski definition) is 3. The third kappa shape index (κ3) is 4.33. The second-order valence-corrected chi connectivity index (χ2v) is 5.28. The van der Waals surface area contributed by atoms with Crippen LogP contribution in [0, 0.1) is 5.92 Å². The van der Waals surface area contributed by atoms with Gasteiger partial charge in [0.15, 0.2) is 0 Å². The Morgan fingerprint density at radius 3 is 2.60 bits per heavy atom. The summed E-state index contributed by atoms with van der Waals surface area (Å²) in [5.41, 5.74) is 0.914. The van der Waals surface area contributed by atoms with Crippen LogP contribution in [0.2, 0.25) is 0 Å². The van der Waals surface area contributed by atoms with Crippen LogP contribution in [0.5, 0.6) is 0 Å². The highest BCUT2D eigenvalue weighted by atomic mass is 16.4. The number of nitrogens with zero attached hydrogens (tertiary/aromatic N) is 1. The molecule has 5 heteroatoms. The molecule has 1 aromatic heterocycles. The molecule has 1 aliphatic carbocycles. The van der Waals surface area contributed by atoms with Crippen molar-refractivity contribution < 1.29 is 14.7 Å². The van der Waals surface area contributed by atoms with Gasteiger partial charge in [-0.1, -0.05) is 6.07 Å². The summed E-state index contributed by atoms with van der Waals surface area (Å²) >= 11 is 0. The molecule has 0 saturated heterocycles. The molecule has 0 bridgehead atoms. The molecule has 0 radical (unpaired) electrons. The fraction of sp³-hybridized carbons (Fsp3) is 0.533. The minimum absolute atomic E-state index is 0.0226. The van der Waals surface area contributed by atoms with E-state index in [1.54, 1.807) is 6.20 Å². The lowest BCUT2D eigenvalue weighted by molar-refractivity contribution is -0.142. The zero-order valence-electron chi connectivity index (χ0n) is 11.4. The number of rotatable bonds is 5. The second-order valence-electron chi connectivity index (χ2n) is 5.28. The molecular formula is C15H20N2O3. The average molecular weight is 276 g/mol. The number of carboxylic acid groups (broad SMARTS) is 1. The Labute approximate surface area is 118 Å². The van der Waals surface area contributed by atoms with Crippen molar-refractivity contribution in [3.05, 3.63) is 30.1 Å². The van der Waals surface area contributed by atoms with Crippen molar-refractivity contribution in [2.75, 3.05) is 0 Å². The molecule has 0 aromatic carbocycles. The van der Waals surface area contributed by atoms with Crippen LogP contribution in [-0.4, -0.2) is 28.0 Å². The van der Waals surface area contributed by atoms with Crippen molar-refractivity contribution in [1.29, 1.82) is 0 Å². The molecule has 0 unspecified atom stereocenters. The van der Waals surface area contributed by atoms with Crippen LogP contribution in [0.1, 0.15) is 37.8 Å². The van der Waals surface area contributed by atoms with Crippen molar-refractivity contribution in [2.45, 2.75) is 44.6 Å². The van der Waals surface area contributed by atoms with E-state index >= 15 is 0 Å². The van der Waals surface area contributed by atoms with E-state index in [9.17, 15) is 9.59 Å². The molecule has 20 heavy (non-hydrogen) atoms. The Hall–Kier alpha value is -1.91. The lowest BCUT2D eigenvalue weighted by Crippen LogP contribution is -2.38. The van der Waals surface area contributed by atoms with E-state index in [4.69, 9.17) is 5.11 Å². The van der Waals surface area contributed by atoms with Crippen molar-refractivity contribution >= 4 is 11.9 Å². The summed E-state index contributed by atoms with van der Waals surface area (Å²) in [6.07, 6.45) is 5.60. The summed E-state index contributed by atoms with van der Waals surface area (Å²) in [5.74, 6) is -0.934. The summed E-state index contributed by atoms with van der Waals surface area (Å²) in [4.78, 5) is 26.9. The van der Waals surface area contributed by atoms with Gasteiger partial charge in [0.1, 0.15) is 0 Å². The van der Waals surface area contributed by atoms with Gasteiger partial charge < -0.3 is 10.4 Å². The molecule has 108 valence electrons. The zero-order chi connectivity index (χ0) is 14.4. The largest absolute Gasteiger partial charge is 0.481 e. The Balaban J connectivity index is 1.69. The number of carbonyl (C=O) groups is 2. The fourth-order valence-electron chi connectivity index (χ4n) is 2.57. The Bertz CT molecular complexity index is 453. The predicted molar refractivity (Wildman–Crippen MR) is 74.1 cm³/mol. The number of carboxylic acids is 1. The number of hydrogen-bond donors (Lipinski definition) is 2. The van der Waals surface area contributed by atoms with Crippen molar-refractivity contribution in [2.24, 2.45) is 5.92 Å². The van der Waals surface area contributed by atoms with E-state index in [1.165, 1.54) is 0 Å². The molecule has 2 N–H and O–H groups in total. The first kappa shape index (κ1) is 14.5. The highest BCUT2D eigenvalue weighted by Gasteiger charge is 2.26. The molecule has 0 aliphatic heterocycles. The Kier molecular flexibility index (Phi) is 5.09. The van der Waals surface area contributed by atoms with Gasteiger partial charge in [0.05, 0.1) is 5.92 Å². The first-order valence-electron chi connectivity index (χ1n) is 7.07. The van der Waals surface area contributed by atoms with E-state index in [2.05, 4.69) is 10.3 Å². The average Bonchev–Trinajstić information content (AvgIpc) is 2.47. The molecule has 2 rings (SSSR count). The topological polar surface area (TPSA) is 79.3 Å². The molecule has 1 aromatic rings. The molecule has 1 saturated carbocycles. The summed E-state index contributed by atoms with van der Waals surface area (Å²) in [6.45, 7) is 0. The summed E-state index contributed by atoms with van der Waals surface area (Å²) < 4.78 is 0. The maximum absolute atomic E-state index is 11.8. The van der Waals surface area contributed by atoms with Gasteiger partial charge in [0.2, 0.25) is 5.91 Å². The highest BCUT2D eigenvalue weighted by Crippen LogP contribution is 2.24. The first-order valence-corrected chi connectivity index (χ1v) is 7.07. The van der Waals surface area contributed by atoms with Crippen LogP contribution in [0.15, 0.2) is 24.4 Å². The number of aromatic nitrogens is 1. The molecular weight excluding hydrogens is 256 g/mol. The summed E-state index contributed by atoms with van der Waals surface area (Å²) in [7, 11) is 0. The van der Waals surface area contributed by atoms with Crippen molar-refractivity contribution in [3.8, 4) is 0 Å². The van der Waals surface area contributed by atoms with E-state index in [-0.39, 0.29) is 17.9 Å². The SMILES string of the molecule is O=C(CCc1ccccn1)NC1CCC(C(=O)O)CC1. The number of aliphatic carboxylic acids is 1. The van der Waals surface area contributed by atoms with Crippen LogP contribution in [0.4, 0.5) is 0 Å². The third-order valence-electron chi connectivity index (χ3n) is 3.78. The van der Waals surface area contributed by atoms with Crippen LogP contribution in [0.3, 0.4) is 0 Å². The Morgan fingerprint density at radius 1 is 1.25 bits per heavy atom. The maximum atomic E-state index is 11.8. The van der Waals surface area contributed by atoms with E-state index in [0.29, 0.717) is 25.7 Å². The van der Waals surface area contributed by atoms with E-state index < -0.39 is 5.97 Å². The minimum atomic E-state index is -0.718. The Morgan fingerprint density at radius 2 is 2.00 bits per heavy atom. The maximum Gasteiger partial charge on any atom is 0.306 e. The van der Waals surface area contributed by atoms with E-state index in [1.807, 2.05) is 18.2 Å². The molecule has 0 spiro atoms. The lowest BCUT2D eigenvalue weighted by atomic mass is 9.86. The van der Waals surface area contributed by atoms with Crippen LogP contribution < -0.4 is 5.32 Å². The smallest absolute Gasteiger partial charge is 0.306 e. The molecule has 1 heterocycles. The van der Waals surface area contributed by atoms with Gasteiger partial charge in [-0.2, -0.15) is 0 Å². The lowest BCUT2D eigenvalue weighted by Gasteiger charge is -2.26. The summed E-state index contributed by atoms with van der Waals surface area (Å²) in [6, 6.07) is 5.80. The molecule has 1 amide bonds. The number of carbonyl (C=O) groups excluding carboxylic acids is 1. The van der Waals surface area contributed by atoms with E-state index in [0.717, 1.165) is 18.5 Å². The van der Waals surface area contributed by atoms with Crippen molar-refractivity contribution in [1.82, 2.24) is 10.3 Å². The number of aryl methyl sites for hydroxylation is 1. The van der Waals surface area contributed by atoms with Gasteiger partial charge in [-0.05, 0) is 44.2 Å². The minimum Gasteiger partial charge on any atom is -0.481 e. The molecule has 1 aliphatic rings. The first-order chi connectivity index (χ1) is 9.65. The normalized spacial score (nSPS) is 22.2. The van der Waals surface area contributed by atoms with Gasteiger partial charge in [-0.25, -0.2) is 0 Å². The van der Waals surface area contributed by atoms with Gasteiger partial charge in [-0.3, -0.25) is 14.6 Å². The predicted octanol–water partition coefficient (Wildman–Crippen LogP) is 1.77. The zero-order valence-corrected chi connectivity index (χ0v) is 11.4. The van der Waals surface area contributed by atoms with Gasteiger partial charge in [0.25, 0.3) is 0 Å².